The van der Waals surface area contributed by atoms with Crippen molar-refractivity contribution in [3.05, 3.63) is 99.0 Å². The van der Waals surface area contributed by atoms with Crippen LogP contribution in [0.5, 0.6) is 0 Å². The lowest BCUT2D eigenvalue weighted by Gasteiger charge is -2.08. The quantitative estimate of drug-likeness (QED) is 0.378. The minimum atomic E-state index is -1.20. The topological polar surface area (TPSA) is 58.8 Å². The Labute approximate surface area is 181 Å². The highest BCUT2D eigenvalue weighted by atomic mass is 35.5. The van der Waals surface area contributed by atoms with Crippen molar-refractivity contribution in [3.8, 4) is 11.1 Å². The molecule has 150 valence electrons. The molecule has 7 heteroatoms. The Balaban J connectivity index is 1.97. The maximum Gasteiger partial charge on any atom is 0.336 e. The molecule has 0 fully saturated rings. The molecule has 0 spiro atoms. The predicted octanol–water partition coefficient (Wildman–Crippen LogP) is 6.29. The second-order valence-electron chi connectivity index (χ2n) is 6.73. The molecule has 0 aliphatic rings. The van der Waals surface area contributed by atoms with Crippen molar-refractivity contribution in [1.82, 2.24) is 4.40 Å². The van der Waals surface area contributed by atoms with Gasteiger partial charge in [0.05, 0.1) is 32.4 Å². The minimum absolute atomic E-state index is 0.0253. The number of hydrogen-bond acceptors (Lipinski definition) is 2. The standard InChI is InChI=1S/C23H14Cl2FNO3/c1-12-13(23(29)30)8-9-14(21(12)26)15-11-19(27-10-3-2-7-18(15)27)22(28)20-16(24)5-4-6-17(20)25/h2-11H,1H3,(H,29,30). The van der Waals surface area contributed by atoms with Crippen molar-refractivity contribution in [2.24, 2.45) is 0 Å². The summed E-state index contributed by atoms with van der Waals surface area (Å²) in [7, 11) is 0. The molecule has 0 atom stereocenters. The first-order chi connectivity index (χ1) is 14.3. The molecule has 0 saturated heterocycles. The lowest BCUT2D eigenvalue weighted by Crippen LogP contribution is -2.06. The number of benzene rings is 2. The predicted molar refractivity (Wildman–Crippen MR) is 114 cm³/mol. The summed E-state index contributed by atoms with van der Waals surface area (Å²) in [6.45, 7) is 1.41. The summed E-state index contributed by atoms with van der Waals surface area (Å²) in [6.07, 6.45) is 1.69. The number of aromatic carboxylic acids is 1. The molecule has 0 amide bonds. The van der Waals surface area contributed by atoms with Gasteiger partial charge in [-0.05, 0) is 48.9 Å². The Bertz CT molecular complexity index is 1320. The van der Waals surface area contributed by atoms with Crippen molar-refractivity contribution in [2.75, 3.05) is 0 Å². The number of aromatic nitrogens is 1. The Morgan fingerprint density at radius 2 is 1.67 bits per heavy atom. The van der Waals surface area contributed by atoms with Gasteiger partial charge in [0, 0.05) is 17.3 Å². The van der Waals surface area contributed by atoms with Gasteiger partial charge in [-0.2, -0.15) is 0 Å². The molecular weight excluding hydrogens is 428 g/mol. The third kappa shape index (κ3) is 3.16. The van der Waals surface area contributed by atoms with Gasteiger partial charge in [-0.1, -0.05) is 41.4 Å². The largest absolute Gasteiger partial charge is 0.478 e. The number of carboxylic acid groups (broad SMARTS) is 1. The molecule has 4 aromatic rings. The Hall–Kier alpha value is -3.15. The molecule has 0 radical (unpaired) electrons. The van der Waals surface area contributed by atoms with Gasteiger partial charge in [-0.15, -0.1) is 0 Å². The monoisotopic (exact) mass is 441 g/mol. The van der Waals surface area contributed by atoms with Crippen LogP contribution in [0, 0.1) is 12.7 Å². The van der Waals surface area contributed by atoms with E-state index in [1.165, 1.54) is 19.1 Å². The van der Waals surface area contributed by atoms with Gasteiger partial charge < -0.3 is 9.51 Å². The molecule has 30 heavy (non-hydrogen) atoms. The van der Waals surface area contributed by atoms with Crippen LogP contribution in [0.2, 0.25) is 10.0 Å². The molecule has 0 saturated carbocycles. The van der Waals surface area contributed by atoms with Gasteiger partial charge in [0.2, 0.25) is 5.78 Å². The van der Waals surface area contributed by atoms with Crippen LogP contribution < -0.4 is 0 Å². The minimum Gasteiger partial charge on any atom is -0.478 e. The Morgan fingerprint density at radius 1 is 0.967 bits per heavy atom. The van der Waals surface area contributed by atoms with E-state index in [1.807, 2.05) is 0 Å². The fraction of sp³-hybridized carbons (Fsp3) is 0.0435. The smallest absolute Gasteiger partial charge is 0.336 e. The highest BCUT2D eigenvalue weighted by Gasteiger charge is 2.24. The van der Waals surface area contributed by atoms with Crippen LogP contribution in [0.3, 0.4) is 0 Å². The molecule has 2 aromatic heterocycles. The third-order valence-corrected chi connectivity index (χ3v) is 5.64. The van der Waals surface area contributed by atoms with Gasteiger partial charge in [0.1, 0.15) is 5.82 Å². The summed E-state index contributed by atoms with van der Waals surface area (Å²) in [5, 5.41) is 9.67. The summed E-state index contributed by atoms with van der Waals surface area (Å²) in [4.78, 5) is 24.6. The molecule has 0 aliphatic carbocycles. The Morgan fingerprint density at radius 3 is 2.33 bits per heavy atom. The van der Waals surface area contributed by atoms with Crippen LogP contribution in [0.25, 0.3) is 16.6 Å². The fourth-order valence-corrected chi connectivity index (χ4v) is 4.08. The SMILES string of the molecule is Cc1c(C(=O)O)ccc(-c2cc(C(=O)c3c(Cl)cccc3Cl)n3ccccc23)c1F. The summed E-state index contributed by atoms with van der Waals surface area (Å²) in [5.41, 5.74) is 1.58. The van der Waals surface area contributed by atoms with Crippen molar-refractivity contribution < 1.29 is 19.1 Å². The maximum absolute atomic E-state index is 15.1. The fourth-order valence-electron chi connectivity index (χ4n) is 3.51. The van der Waals surface area contributed by atoms with Gasteiger partial charge in [0.15, 0.2) is 0 Å². The molecule has 2 aromatic carbocycles. The number of pyridine rings is 1. The summed E-state index contributed by atoms with van der Waals surface area (Å²) >= 11 is 12.4. The van der Waals surface area contributed by atoms with Gasteiger partial charge in [-0.3, -0.25) is 4.79 Å². The summed E-state index contributed by atoms with van der Waals surface area (Å²) in [6, 6.07) is 14.4. The van der Waals surface area contributed by atoms with Crippen molar-refractivity contribution in [3.63, 3.8) is 0 Å². The van der Waals surface area contributed by atoms with Crippen LogP contribution in [-0.2, 0) is 0 Å². The van der Waals surface area contributed by atoms with E-state index in [9.17, 15) is 14.7 Å². The number of rotatable bonds is 4. The zero-order chi connectivity index (χ0) is 21.6. The van der Waals surface area contributed by atoms with Crippen molar-refractivity contribution in [1.29, 1.82) is 0 Å². The maximum atomic E-state index is 15.1. The van der Waals surface area contributed by atoms with E-state index in [0.29, 0.717) is 11.1 Å². The number of nitrogens with zero attached hydrogens (tertiary/aromatic N) is 1. The van der Waals surface area contributed by atoms with Crippen LogP contribution >= 0.6 is 23.2 Å². The van der Waals surface area contributed by atoms with Crippen LogP contribution in [0.1, 0.15) is 32.0 Å². The number of carboxylic acids is 1. The van der Waals surface area contributed by atoms with Gasteiger partial charge >= 0.3 is 5.97 Å². The third-order valence-electron chi connectivity index (χ3n) is 5.01. The first-order valence-electron chi connectivity index (χ1n) is 8.92. The Kier molecular flexibility index (Phi) is 5.10. The van der Waals surface area contributed by atoms with Gasteiger partial charge in [0.25, 0.3) is 0 Å². The highest BCUT2D eigenvalue weighted by Crippen LogP contribution is 2.35. The van der Waals surface area contributed by atoms with E-state index in [-0.39, 0.29) is 38.0 Å². The van der Waals surface area contributed by atoms with Crippen LogP contribution in [0.4, 0.5) is 4.39 Å². The first-order valence-corrected chi connectivity index (χ1v) is 9.68. The normalized spacial score (nSPS) is 11.1. The zero-order valence-electron chi connectivity index (χ0n) is 15.6. The van der Waals surface area contributed by atoms with Crippen molar-refractivity contribution >= 4 is 40.5 Å². The zero-order valence-corrected chi connectivity index (χ0v) is 17.1. The lowest BCUT2D eigenvalue weighted by atomic mass is 9.98. The van der Waals surface area contributed by atoms with E-state index in [2.05, 4.69) is 0 Å². The average molecular weight is 442 g/mol. The molecule has 2 heterocycles. The molecule has 4 rings (SSSR count). The molecule has 4 nitrogen and oxygen atoms in total. The van der Waals surface area contributed by atoms with E-state index in [1.54, 1.807) is 53.1 Å². The van der Waals surface area contributed by atoms with Crippen LogP contribution in [-0.4, -0.2) is 21.3 Å². The summed E-state index contributed by atoms with van der Waals surface area (Å²) in [5.74, 6) is -2.26. The number of carbonyl (C=O) groups excluding carboxylic acids is 1. The first kappa shape index (κ1) is 20.1. The van der Waals surface area contributed by atoms with E-state index in [4.69, 9.17) is 23.2 Å². The summed E-state index contributed by atoms with van der Waals surface area (Å²) < 4.78 is 16.7. The van der Waals surface area contributed by atoms with Gasteiger partial charge in [-0.25, -0.2) is 9.18 Å². The molecule has 0 bridgehead atoms. The lowest BCUT2D eigenvalue weighted by molar-refractivity contribution is 0.0695. The van der Waals surface area contributed by atoms with Crippen LogP contribution in [0.15, 0.2) is 60.8 Å². The van der Waals surface area contributed by atoms with Crippen molar-refractivity contribution in [2.45, 2.75) is 6.92 Å². The number of hydrogen-bond donors (Lipinski definition) is 1. The van der Waals surface area contributed by atoms with E-state index in [0.717, 1.165) is 0 Å². The molecule has 0 aliphatic heterocycles. The average Bonchev–Trinajstić information content (AvgIpc) is 3.09. The number of fused-ring (bicyclic) bond motifs is 1. The van der Waals surface area contributed by atoms with E-state index >= 15 is 4.39 Å². The molecule has 0 unspecified atom stereocenters. The van der Waals surface area contributed by atoms with E-state index < -0.39 is 17.6 Å². The number of halogens is 3. The highest BCUT2D eigenvalue weighted by molar-refractivity contribution is 6.41. The second-order valence-corrected chi connectivity index (χ2v) is 7.54. The molecule has 1 N–H and O–H groups in total. The molecular formula is C23H14Cl2FNO3. The second kappa shape index (κ2) is 7.59. The number of carbonyl (C=O) groups is 2. The number of ketones is 1.